The molecule has 1 aliphatic rings. The number of nitrogens with one attached hydrogen (secondary N) is 1. The summed E-state index contributed by atoms with van der Waals surface area (Å²) in [6.07, 6.45) is 2.98. The molecule has 0 spiro atoms. The molecule has 3 nitrogen and oxygen atoms in total. The van der Waals surface area contributed by atoms with E-state index in [9.17, 15) is 4.79 Å². The number of fused-ring (bicyclic) bond motifs is 1. The molecule has 0 saturated carbocycles. The van der Waals surface area contributed by atoms with Crippen molar-refractivity contribution in [2.24, 2.45) is 5.92 Å². The Morgan fingerprint density at radius 3 is 3.20 bits per heavy atom. The lowest BCUT2D eigenvalue weighted by atomic mass is 9.87. The summed E-state index contributed by atoms with van der Waals surface area (Å²) < 4.78 is 5.08. The molecule has 1 amide bonds. The number of alkyl carbamates (subject to hydrolysis) is 1. The molecule has 15 heavy (non-hydrogen) atoms. The van der Waals surface area contributed by atoms with Gasteiger partial charge >= 0.3 is 6.09 Å². The Morgan fingerprint density at radius 2 is 2.40 bits per heavy atom. The molecule has 1 aromatic heterocycles. The van der Waals surface area contributed by atoms with Crippen LogP contribution in [0.2, 0.25) is 0 Å². The molecule has 4 heteroatoms. The fraction of sp³-hybridized carbons (Fsp3) is 0.545. The van der Waals surface area contributed by atoms with Crippen LogP contribution in [-0.2, 0) is 17.6 Å². The third-order valence-corrected chi connectivity index (χ3v) is 3.66. The minimum absolute atomic E-state index is 0.328. The number of thiophene rings is 1. The van der Waals surface area contributed by atoms with Gasteiger partial charge in [0.25, 0.3) is 0 Å². The highest BCUT2D eigenvalue weighted by molar-refractivity contribution is 7.08. The monoisotopic (exact) mass is 225 g/mol. The first kappa shape index (κ1) is 10.5. The van der Waals surface area contributed by atoms with Crippen LogP contribution in [0.3, 0.4) is 0 Å². The number of amides is 1. The third kappa shape index (κ3) is 2.50. The van der Waals surface area contributed by atoms with Gasteiger partial charge in [0, 0.05) is 7.05 Å². The molecular weight excluding hydrogens is 210 g/mol. The van der Waals surface area contributed by atoms with Gasteiger partial charge in [-0.2, -0.15) is 11.3 Å². The van der Waals surface area contributed by atoms with E-state index in [1.165, 1.54) is 11.1 Å². The molecule has 0 aliphatic heterocycles. The van der Waals surface area contributed by atoms with Crippen molar-refractivity contribution in [1.29, 1.82) is 0 Å². The van der Waals surface area contributed by atoms with Crippen LogP contribution in [0.4, 0.5) is 4.79 Å². The van der Waals surface area contributed by atoms with Crippen LogP contribution in [0, 0.1) is 5.92 Å². The molecule has 0 fully saturated rings. The van der Waals surface area contributed by atoms with Crippen molar-refractivity contribution < 1.29 is 9.53 Å². The molecule has 1 N–H and O–H groups in total. The lowest BCUT2D eigenvalue weighted by Gasteiger charge is -2.21. The van der Waals surface area contributed by atoms with Gasteiger partial charge in [-0.3, -0.25) is 0 Å². The van der Waals surface area contributed by atoms with Gasteiger partial charge in [0.2, 0.25) is 0 Å². The van der Waals surface area contributed by atoms with Crippen molar-refractivity contribution in [2.75, 3.05) is 13.7 Å². The van der Waals surface area contributed by atoms with Crippen LogP contribution < -0.4 is 5.32 Å². The maximum atomic E-state index is 10.9. The van der Waals surface area contributed by atoms with Crippen molar-refractivity contribution in [2.45, 2.75) is 19.3 Å². The number of carbonyl (C=O) groups is 1. The van der Waals surface area contributed by atoms with E-state index >= 15 is 0 Å². The quantitative estimate of drug-likeness (QED) is 0.838. The van der Waals surface area contributed by atoms with E-state index in [0.29, 0.717) is 12.5 Å². The number of rotatable bonds is 2. The molecule has 1 atom stereocenters. The largest absolute Gasteiger partial charge is 0.449 e. The predicted molar refractivity (Wildman–Crippen MR) is 60.2 cm³/mol. The van der Waals surface area contributed by atoms with E-state index < -0.39 is 0 Å². The number of aryl methyl sites for hydroxylation is 1. The maximum Gasteiger partial charge on any atom is 0.406 e. The van der Waals surface area contributed by atoms with Gasteiger partial charge in [-0.15, -0.1) is 0 Å². The lowest BCUT2D eigenvalue weighted by molar-refractivity contribution is 0.125. The highest BCUT2D eigenvalue weighted by atomic mass is 32.1. The van der Waals surface area contributed by atoms with Crippen LogP contribution in [-0.4, -0.2) is 19.7 Å². The summed E-state index contributed by atoms with van der Waals surface area (Å²) in [4.78, 5) is 10.9. The molecule has 0 aromatic carbocycles. The summed E-state index contributed by atoms with van der Waals surface area (Å²) in [6.45, 7) is 0.537. The Balaban J connectivity index is 1.85. The molecule has 0 saturated heterocycles. The summed E-state index contributed by atoms with van der Waals surface area (Å²) in [5, 5.41) is 6.90. The second-order valence-corrected chi connectivity index (χ2v) is 4.62. The predicted octanol–water partition coefficient (Wildman–Crippen LogP) is 2.21. The topological polar surface area (TPSA) is 38.3 Å². The summed E-state index contributed by atoms with van der Waals surface area (Å²) >= 11 is 1.77. The van der Waals surface area contributed by atoms with E-state index in [0.717, 1.165) is 19.3 Å². The lowest BCUT2D eigenvalue weighted by Crippen LogP contribution is -2.25. The van der Waals surface area contributed by atoms with Crippen molar-refractivity contribution in [3.8, 4) is 0 Å². The van der Waals surface area contributed by atoms with E-state index in [1.807, 2.05) is 0 Å². The molecule has 82 valence electrons. The van der Waals surface area contributed by atoms with Gasteiger partial charge in [0.1, 0.15) is 0 Å². The molecule has 1 heterocycles. The van der Waals surface area contributed by atoms with Crippen LogP contribution in [0.25, 0.3) is 0 Å². The first-order valence-corrected chi connectivity index (χ1v) is 6.12. The summed E-state index contributed by atoms with van der Waals surface area (Å²) in [5.41, 5.74) is 2.92. The molecule has 0 bridgehead atoms. The van der Waals surface area contributed by atoms with Crippen molar-refractivity contribution >= 4 is 17.4 Å². The number of ether oxygens (including phenoxy) is 1. The zero-order valence-electron chi connectivity index (χ0n) is 8.79. The minimum atomic E-state index is -0.328. The average molecular weight is 225 g/mol. The number of carbonyl (C=O) groups excluding carboxylic acids is 1. The molecular formula is C11H15NO2S. The Labute approximate surface area is 93.4 Å². The van der Waals surface area contributed by atoms with Crippen molar-refractivity contribution in [3.63, 3.8) is 0 Å². The first-order valence-electron chi connectivity index (χ1n) is 5.18. The Kier molecular flexibility index (Phi) is 3.26. The average Bonchev–Trinajstić information content (AvgIpc) is 2.72. The Hall–Kier alpha value is -1.03. The van der Waals surface area contributed by atoms with Crippen LogP contribution >= 0.6 is 11.3 Å². The molecule has 1 aliphatic carbocycles. The Bertz CT molecular complexity index is 348. The van der Waals surface area contributed by atoms with Gasteiger partial charge in [-0.25, -0.2) is 4.79 Å². The second kappa shape index (κ2) is 4.66. The molecule has 1 unspecified atom stereocenters. The van der Waals surface area contributed by atoms with Gasteiger partial charge in [-0.1, -0.05) is 0 Å². The fourth-order valence-corrected chi connectivity index (χ4v) is 2.84. The highest BCUT2D eigenvalue weighted by Crippen LogP contribution is 2.28. The van der Waals surface area contributed by atoms with Gasteiger partial charge in [0.05, 0.1) is 6.61 Å². The number of hydrogen-bond donors (Lipinski definition) is 1. The van der Waals surface area contributed by atoms with Gasteiger partial charge in [0.15, 0.2) is 0 Å². The summed E-state index contributed by atoms with van der Waals surface area (Å²) in [6, 6.07) is 0. The van der Waals surface area contributed by atoms with E-state index in [-0.39, 0.29) is 6.09 Å². The summed E-state index contributed by atoms with van der Waals surface area (Å²) in [7, 11) is 1.58. The van der Waals surface area contributed by atoms with Crippen LogP contribution in [0.5, 0.6) is 0 Å². The fourth-order valence-electron chi connectivity index (χ4n) is 1.93. The van der Waals surface area contributed by atoms with Crippen molar-refractivity contribution in [1.82, 2.24) is 5.32 Å². The SMILES string of the molecule is CNC(=O)OCC1CCc2cscc2C1. The normalized spacial score (nSPS) is 19.4. The number of hydrogen-bond acceptors (Lipinski definition) is 3. The maximum absolute atomic E-state index is 10.9. The third-order valence-electron chi connectivity index (χ3n) is 2.82. The second-order valence-electron chi connectivity index (χ2n) is 3.88. The molecule has 0 radical (unpaired) electrons. The van der Waals surface area contributed by atoms with E-state index in [2.05, 4.69) is 16.1 Å². The molecule has 2 rings (SSSR count). The summed E-state index contributed by atoms with van der Waals surface area (Å²) in [5.74, 6) is 0.490. The Morgan fingerprint density at radius 1 is 1.60 bits per heavy atom. The van der Waals surface area contributed by atoms with Gasteiger partial charge < -0.3 is 10.1 Å². The zero-order valence-corrected chi connectivity index (χ0v) is 9.60. The van der Waals surface area contributed by atoms with E-state index in [1.54, 1.807) is 18.4 Å². The highest BCUT2D eigenvalue weighted by Gasteiger charge is 2.20. The minimum Gasteiger partial charge on any atom is -0.449 e. The smallest absolute Gasteiger partial charge is 0.406 e. The standard InChI is InChI=1S/C11H15NO2S/c1-12-11(13)14-5-8-2-3-9-6-15-7-10(9)4-8/h6-8H,2-5H2,1H3,(H,12,13). The van der Waals surface area contributed by atoms with Gasteiger partial charge in [-0.05, 0) is 47.1 Å². The molecule has 1 aromatic rings. The van der Waals surface area contributed by atoms with Crippen LogP contribution in [0.1, 0.15) is 17.5 Å². The van der Waals surface area contributed by atoms with Crippen molar-refractivity contribution in [3.05, 3.63) is 21.9 Å². The van der Waals surface area contributed by atoms with E-state index in [4.69, 9.17) is 4.74 Å². The zero-order chi connectivity index (χ0) is 10.7. The first-order chi connectivity index (χ1) is 7.29. The van der Waals surface area contributed by atoms with Crippen LogP contribution in [0.15, 0.2) is 10.8 Å².